The molecule has 2 aromatic carbocycles. The van der Waals surface area contributed by atoms with E-state index in [1.807, 2.05) is 31.2 Å². The van der Waals surface area contributed by atoms with Gasteiger partial charge in [-0.3, -0.25) is 4.79 Å². The van der Waals surface area contributed by atoms with E-state index in [2.05, 4.69) is 68.4 Å². The minimum atomic E-state index is -0.427. The van der Waals surface area contributed by atoms with Gasteiger partial charge in [0.05, 0.1) is 6.61 Å². The molecule has 0 amide bonds. The number of hydrogen-bond donors (Lipinski definition) is 0. The van der Waals surface area contributed by atoms with Crippen molar-refractivity contribution in [2.45, 2.75) is 91.4 Å². The predicted molar refractivity (Wildman–Crippen MR) is 128 cm³/mol. The minimum absolute atomic E-state index is 0.0628. The summed E-state index contributed by atoms with van der Waals surface area (Å²) < 4.78 is 11.7. The number of carbonyl (C=O) groups excluding carboxylic acids is 1. The summed E-state index contributed by atoms with van der Waals surface area (Å²) in [6, 6.07) is 10.2. The Morgan fingerprint density at radius 1 is 0.839 bits per heavy atom. The number of rotatable bonds is 3. The fraction of sp³-hybridized carbons (Fsp3) is 0.536. The first kappa shape index (κ1) is 23.4. The Bertz CT molecular complexity index is 977. The maximum Gasteiger partial charge on any atom is 0.323 e. The first-order valence-electron chi connectivity index (χ1n) is 11.3. The van der Waals surface area contributed by atoms with Crippen LogP contribution in [0, 0.1) is 0 Å². The second kappa shape index (κ2) is 7.69. The number of esters is 1. The molecule has 0 fully saturated rings. The molecule has 1 unspecified atom stereocenters. The molecule has 0 spiro atoms. The van der Waals surface area contributed by atoms with Crippen LogP contribution in [0.3, 0.4) is 0 Å². The Hall–Kier alpha value is -2.29. The van der Waals surface area contributed by atoms with E-state index in [0.717, 1.165) is 28.2 Å². The summed E-state index contributed by atoms with van der Waals surface area (Å²) in [6.07, 6.45) is 0. The topological polar surface area (TPSA) is 35.5 Å². The van der Waals surface area contributed by atoms with Gasteiger partial charge in [-0.2, -0.15) is 0 Å². The van der Waals surface area contributed by atoms with Crippen LogP contribution in [-0.2, 0) is 21.0 Å². The normalized spacial score (nSPS) is 16.8. The van der Waals surface area contributed by atoms with Crippen molar-refractivity contribution in [2.75, 3.05) is 6.61 Å². The molecule has 3 rings (SSSR count). The Labute approximate surface area is 188 Å². The molecule has 0 bridgehead atoms. The van der Waals surface area contributed by atoms with Crippen LogP contribution in [0.25, 0.3) is 0 Å². The van der Waals surface area contributed by atoms with E-state index in [-0.39, 0.29) is 22.2 Å². The molecule has 2 aromatic rings. The lowest BCUT2D eigenvalue weighted by atomic mass is 9.68. The van der Waals surface area contributed by atoms with E-state index >= 15 is 0 Å². The molecule has 1 atom stereocenters. The van der Waals surface area contributed by atoms with Gasteiger partial charge in [0.2, 0.25) is 0 Å². The SMILES string of the molecule is CCOc1ccc(C2C(=O)Oc3c(C(C)(C)C)cc(C(C)(C)C)c(C(C)(C)C)c32)cc1. The summed E-state index contributed by atoms with van der Waals surface area (Å²) in [4.78, 5) is 13.3. The molecule has 0 radical (unpaired) electrons. The van der Waals surface area contributed by atoms with Gasteiger partial charge >= 0.3 is 5.97 Å². The molecular weight excluding hydrogens is 384 g/mol. The lowest BCUT2D eigenvalue weighted by Gasteiger charge is -2.35. The first-order chi connectivity index (χ1) is 14.2. The maximum atomic E-state index is 13.3. The zero-order valence-corrected chi connectivity index (χ0v) is 20.9. The van der Waals surface area contributed by atoms with Gasteiger partial charge in [-0.15, -0.1) is 0 Å². The van der Waals surface area contributed by atoms with E-state index in [9.17, 15) is 4.79 Å². The highest BCUT2D eigenvalue weighted by Gasteiger charge is 2.44. The van der Waals surface area contributed by atoms with Crippen LogP contribution < -0.4 is 9.47 Å². The maximum absolute atomic E-state index is 13.3. The predicted octanol–water partition coefficient (Wildman–Crippen LogP) is 7.03. The summed E-state index contributed by atoms with van der Waals surface area (Å²) in [5.74, 6) is 0.950. The summed E-state index contributed by atoms with van der Waals surface area (Å²) in [7, 11) is 0. The molecule has 1 aliphatic rings. The van der Waals surface area contributed by atoms with Crippen molar-refractivity contribution in [2.24, 2.45) is 0 Å². The molecular formula is C28H38O3. The molecule has 0 aliphatic carbocycles. The lowest BCUT2D eigenvalue weighted by molar-refractivity contribution is -0.133. The average molecular weight is 423 g/mol. The first-order valence-corrected chi connectivity index (χ1v) is 11.3. The molecule has 3 heteroatoms. The fourth-order valence-corrected chi connectivity index (χ4v) is 4.53. The van der Waals surface area contributed by atoms with Crippen molar-refractivity contribution in [1.82, 2.24) is 0 Å². The van der Waals surface area contributed by atoms with Crippen molar-refractivity contribution < 1.29 is 14.3 Å². The van der Waals surface area contributed by atoms with E-state index in [1.54, 1.807) is 0 Å². The van der Waals surface area contributed by atoms with E-state index in [4.69, 9.17) is 9.47 Å². The second-order valence-electron chi connectivity index (χ2n) is 11.7. The van der Waals surface area contributed by atoms with Gasteiger partial charge in [0, 0.05) is 11.1 Å². The zero-order chi connectivity index (χ0) is 23.4. The Balaban J connectivity index is 2.37. The molecule has 0 N–H and O–H groups in total. The van der Waals surface area contributed by atoms with Crippen LogP contribution in [0.4, 0.5) is 0 Å². The van der Waals surface area contributed by atoms with Crippen LogP contribution in [0.5, 0.6) is 11.5 Å². The van der Waals surface area contributed by atoms with Crippen LogP contribution in [0.2, 0.25) is 0 Å². The van der Waals surface area contributed by atoms with Crippen molar-refractivity contribution in [3.63, 3.8) is 0 Å². The van der Waals surface area contributed by atoms with Crippen LogP contribution >= 0.6 is 0 Å². The standard InChI is InChI=1S/C28H38O3/c1-11-30-18-14-12-17(13-15-18)21-22-23(28(8,9)10)19(26(2,3)4)16-20(27(5,6)7)24(22)31-25(21)29/h12-16,21H,11H2,1-10H3. The molecule has 31 heavy (non-hydrogen) atoms. The zero-order valence-electron chi connectivity index (χ0n) is 20.9. The smallest absolute Gasteiger partial charge is 0.323 e. The second-order valence-corrected chi connectivity index (χ2v) is 11.7. The van der Waals surface area contributed by atoms with Gasteiger partial charge in [0.1, 0.15) is 17.4 Å². The van der Waals surface area contributed by atoms with E-state index < -0.39 is 5.92 Å². The summed E-state index contributed by atoms with van der Waals surface area (Å²) in [5.41, 5.74) is 5.26. The van der Waals surface area contributed by atoms with Crippen molar-refractivity contribution in [1.29, 1.82) is 0 Å². The monoisotopic (exact) mass is 422 g/mol. The van der Waals surface area contributed by atoms with Crippen molar-refractivity contribution in [3.8, 4) is 11.5 Å². The minimum Gasteiger partial charge on any atom is -0.494 e. The quantitative estimate of drug-likeness (QED) is 0.393. The van der Waals surface area contributed by atoms with Gasteiger partial charge in [0.25, 0.3) is 0 Å². The van der Waals surface area contributed by atoms with Gasteiger partial charge < -0.3 is 9.47 Å². The lowest BCUT2D eigenvalue weighted by Crippen LogP contribution is -2.26. The van der Waals surface area contributed by atoms with Gasteiger partial charge in [0.15, 0.2) is 0 Å². The largest absolute Gasteiger partial charge is 0.494 e. The Kier molecular flexibility index (Phi) is 5.80. The van der Waals surface area contributed by atoms with Crippen molar-refractivity contribution >= 4 is 5.97 Å². The molecule has 1 aliphatic heterocycles. The molecule has 0 aromatic heterocycles. The fourth-order valence-electron chi connectivity index (χ4n) is 4.53. The molecule has 168 valence electrons. The molecule has 3 nitrogen and oxygen atoms in total. The van der Waals surface area contributed by atoms with Crippen LogP contribution in [0.1, 0.15) is 103 Å². The number of fused-ring (bicyclic) bond motifs is 1. The van der Waals surface area contributed by atoms with E-state index in [1.165, 1.54) is 11.1 Å². The Morgan fingerprint density at radius 3 is 1.84 bits per heavy atom. The molecule has 0 saturated heterocycles. The third-order valence-corrected chi connectivity index (χ3v) is 5.93. The summed E-state index contributed by atoms with van der Waals surface area (Å²) in [6.45, 7) is 22.6. The average Bonchev–Trinajstić information content (AvgIpc) is 2.95. The third kappa shape index (κ3) is 4.37. The highest BCUT2D eigenvalue weighted by Crippen LogP contribution is 2.52. The summed E-state index contributed by atoms with van der Waals surface area (Å²) >= 11 is 0. The van der Waals surface area contributed by atoms with Gasteiger partial charge in [-0.25, -0.2) is 0 Å². The van der Waals surface area contributed by atoms with Crippen molar-refractivity contribution in [3.05, 3.63) is 58.1 Å². The van der Waals surface area contributed by atoms with E-state index in [0.29, 0.717) is 6.61 Å². The summed E-state index contributed by atoms with van der Waals surface area (Å²) in [5, 5.41) is 0. The van der Waals surface area contributed by atoms with Gasteiger partial charge in [-0.1, -0.05) is 80.5 Å². The molecule has 0 saturated carbocycles. The molecule has 1 heterocycles. The number of carbonyl (C=O) groups is 1. The highest BCUT2D eigenvalue weighted by atomic mass is 16.5. The highest BCUT2D eigenvalue weighted by molar-refractivity contribution is 5.91. The van der Waals surface area contributed by atoms with Crippen LogP contribution in [-0.4, -0.2) is 12.6 Å². The number of benzene rings is 2. The number of hydrogen-bond acceptors (Lipinski definition) is 3. The Morgan fingerprint density at radius 2 is 1.39 bits per heavy atom. The van der Waals surface area contributed by atoms with Gasteiger partial charge in [-0.05, 0) is 52.0 Å². The van der Waals surface area contributed by atoms with Crippen LogP contribution in [0.15, 0.2) is 30.3 Å². The third-order valence-electron chi connectivity index (χ3n) is 5.93. The number of ether oxygens (including phenoxy) is 2.